The molecular weight excluding hydrogens is 304 g/mol. The average molecular weight is 336 g/mol. The Balaban J connectivity index is 3.14. The number of nitrogens with one attached hydrogen (secondary N) is 1. The van der Waals surface area contributed by atoms with Crippen LogP contribution in [0.5, 0.6) is 0 Å². The molecule has 0 saturated carbocycles. The van der Waals surface area contributed by atoms with Crippen molar-refractivity contribution in [1.29, 1.82) is 0 Å². The van der Waals surface area contributed by atoms with Crippen LogP contribution in [0.3, 0.4) is 0 Å². The molecule has 136 valence electrons. The third-order valence-electron chi connectivity index (χ3n) is 3.92. The number of esters is 1. The molecule has 5 heteroatoms. The van der Waals surface area contributed by atoms with Crippen molar-refractivity contribution in [3.05, 3.63) is 37.0 Å². The molecule has 0 amide bonds. The van der Waals surface area contributed by atoms with Crippen molar-refractivity contribution in [2.75, 3.05) is 19.7 Å². The number of aliphatic hydroxyl groups is 1. The van der Waals surface area contributed by atoms with Gasteiger partial charge in [0.15, 0.2) is 0 Å². The van der Waals surface area contributed by atoms with Crippen LogP contribution in [-0.2, 0) is 9.53 Å². The summed E-state index contributed by atoms with van der Waals surface area (Å²) < 4.78 is 5.12. The van der Waals surface area contributed by atoms with Crippen LogP contribution in [0, 0.1) is 0 Å². The summed E-state index contributed by atoms with van der Waals surface area (Å²) in [6, 6.07) is -0.247. The first kappa shape index (κ1) is 20.6. The maximum absolute atomic E-state index is 12.1. The zero-order chi connectivity index (χ0) is 18.3. The van der Waals surface area contributed by atoms with Crippen molar-refractivity contribution in [1.82, 2.24) is 10.2 Å². The molecule has 0 spiro atoms. The van der Waals surface area contributed by atoms with Gasteiger partial charge in [-0.2, -0.15) is 0 Å². The van der Waals surface area contributed by atoms with E-state index in [9.17, 15) is 9.90 Å². The van der Waals surface area contributed by atoms with Crippen molar-refractivity contribution in [2.24, 2.45) is 0 Å². The van der Waals surface area contributed by atoms with E-state index in [1.807, 2.05) is 12.2 Å². The first-order chi connectivity index (χ1) is 11.2. The summed E-state index contributed by atoms with van der Waals surface area (Å²) in [5.74, 6) is -0.354. The van der Waals surface area contributed by atoms with Gasteiger partial charge in [0.25, 0.3) is 0 Å². The lowest BCUT2D eigenvalue weighted by Crippen LogP contribution is -2.61. The number of hydrogen-bond acceptors (Lipinski definition) is 5. The summed E-state index contributed by atoms with van der Waals surface area (Å²) in [6.45, 7) is 17.2. The third-order valence-corrected chi connectivity index (χ3v) is 3.92. The second-order valence-corrected chi connectivity index (χ2v) is 7.13. The van der Waals surface area contributed by atoms with Gasteiger partial charge < -0.3 is 15.2 Å². The summed E-state index contributed by atoms with van der Waals surface area (Å²) in [5, 5.41) is 14.1. The molecule has 1 aliphatic carbocycles. The maximum atomic E-state index is 12.1. The fourth-order valence-corrected chi connectivity index (χ4v) is 3.05. The van der Waals surface area contributed by atoms with Crippen LogP contribution in [0.1, 0.15) is 34.1 Å². The van der Waals surface area contributed by atoms with Crippen LogP contribution < -0.4 is 5.32 Å². The summed E-state index contributed by atoms with van der Waals surface area (Å²) >= 11 is 0. The number of ether oxygens (including phenoxy) is 1. The van der Waals surface area contributed by atoms with E-state index < -0.39 is 6.10 Å². The van der Waals surface area contributed by atoms with Gasteiger partial charge >= 0.3 is 5.97 Å². The topological polar surface area (TPSA) is 61.8 Å². The number of carbonyl (C=O) groups excluding carboxylic acids is 1. The second-order valence-electron chi connectivity index (χ2n) is 7.13. The van der Waals surface area contributed by atoms with Gasteiger partial charge in [0.2, 0.25) is 0 Å². The molecule has 0 aromatic heterocycles. The Morgan fingerprint density at radius 3 is 2.46 bits per heavy atom. The Labute approximate surface area is 146 Å². The lowest BCUT2D eigenvalue weighted by Gasteiger charge is -2.44. The predicted octanol–water partition coefficient (Wildman–Crippen LogP) is 2.04. The Kier molecular flexibility index (Phi) is 7.87. The molecule has 0 fully saturated rings. The number of nitrogens with zero attached hydrogens (tertiary/aromatic N) is 1. The summed E-state index contributed by atoms with van der Waals surface area (Å²) in [5.41, 5.74) is 0.368. The fraction of sp³-hybridized carbons (Fsp3) is 0.632. The Hall–Kier alpha value is -1.43. The van der Waals surface area contributed by atoms with Gasteiger partial charge in [-0.25, -0.2) is 4.79 Å². The molecule has 2 N–H and O–H groups in total. The first-order valence-corrected chi connectivity index (χ1v) is 8.53. The van der Waals surface area contributed by atoms with Crippen LogP contribution in [0.15, 0.2) is 37.0 Å². The van der Waals surface area contributed by atoms with E-state index in [0.717, 1.165) is 0 Å². The second kappa shape index (κ2) is 9.16. The minimum atomic E-state index is -0.764. The van der Waals surface area contributed by atoms with Crippen molar-refractivity contribution in [3.63, 3.8) is 0 Å². The highest BCUT2D eigenvalue weighted by molar-refractivity contribution is 5.89. The number of aliphatic hydroxyl groups excluding tert-OH is 1. The molecule has 0 aromatic rings. The van der Waals surface area contributed by atoms with E-state index in [4.69, 9.17) is 4.74 Å². The lowest BCUT2D eigenvalue weighted by molar-refractivity contribution is -0.139. The molecule has 5 nitrogen and oxygen atoms in total. The standard InChI is InChI=1S/C19H32N2O3/c1-7-10-21(11-8-2)15-12-14(18(23)24-9-3)13-16(22)17(15)20-19(4,5)6/h7-8,13,15-17,20,22H,1-2,9-12H2,3-6H3/t15-,16+,17+/m0/s1. The number of rotatable bonds is 8. The van der Waals surface area contributed by atoms with Crippen LogP contribution in [0.4, 0.5) is 0 Å². The third kappa shape index (κ3) is 5.89. The number of hydrogen-bond donors (Lipinski definition) is 2. The molecule has 0 radical (unpaired) electrons. The van der Waals surface area contributed by atoms with Gasteiger partial charge in [-0.15, -0.1) is 13.2 Å². The summed E-state index contributed by atoms with van der Waals surface area (Å²) in [4.78, 5) is 14.3. The van der Waals surface area contributed by atoms with E-state index in [-0.39, 0.29) is 23.6 Å². The van der Waals surface area contributed by atoms with Crippen molar-refractivity contribution < 1.29 is 14.6 Å². The largest absolute Gasteiger partial charge is 0.463 e. The average Bonchev–Trinajstić information content (AvgIpc) is 2.48. The SMILES string of the molecule is C=CCN(CC=C)[C@H]1CC(C(=O)OCC)=C[C@@H](O)[C@@H]1NC(C)(C)C. The maximum Gasteiger partial charge on any atom is 0.333 e. The van der Waals surface area contributed by atoms with E-state index in [2.05, 4.69) is 44.1 Å². The first-order valence-electron chi connectivity index (χ1n) is 8.53. The number of carbonyl (C=O) groups is 1. The predicted molar refractivity (Wildman–Crippen MR) is 97.8 cm³/mol. The monoisotopic (exact) mass is 336 g/mol. The van der Waals surface area contributed by atoms with Gasteiger partial charge in [0.1, 0.15) is 0 Å². The molecule has 0 unspecified atom stereocenters. The molecule has 0 bridgehead atoms. The lowest BCUT2D eigenvalue weighted by atomic mass is 9.85. The van der Waals surface area contributed by atoms with Gasteiger partial charge in [-0.1, -0.05) is 12.2 Å². The van der Waals surface area contributed by atoms with Crippen molar-refractivity contribution >= 4 is 5.97 Å². The van der Waals surface area contributed by atoms with E-state index in [0.29, 0.717) is 31.7 Å². The van der Waals surface area contributed by atoms with Crippen LogP contribution in [0.25, 0.3) is 0 Å². The molecule has 0 saturated heterocycles. The highest BCUT2D eigenvalue weighted by Gasteiger charge is 2.39. The Morgan fingerprint density at radius 1 is 1.42 bits per heavy atom. The molecule has 24 heavy (non-hydrogen) atoms. The normalized spacial score (nSPS) is 24.4. The van der Waals surface area contributed by atoms with E-state index in [1.54, 1.807) is 13.0 Å². The van der Waals surface area contributed by atoms with Gasteiger partial charge in [0.05, 0.1) is 18.8 Å². The van der Waals surface area contributed by atoms with Crippen LogP contribution in [0.2, 0.25) is 0 Å². The van der Waals surface area contributed by atoms with Crippen molar-refractivity contribution in [2.45, 2.75) is 57.8 Å². The fourth-order valence-electron chi connectivity index (χ4n) is 3.05. The molecule has 1 aliphatic rings. The Morgan fingerprint density at radius 2 is 2.00 bits per heavy atom. The van der Waals surface area contributed by atoms with Gasteiger partial charge in [0, 0.05) is 30.2 Å². The smallest absolute Gasteiger partial charge is 0.333 e. The molecule has 1 rings (SSSR count). The summed E-state index contributed by atoms with van der Waals surface area (Å²) in [6.07, 6.45) is 5.03. The van der Waals surface area contributed by atoms with E-state index >= 15 is 0 Å². The molecule has 0 aromatic carbocycles. The molecule has 0 aliphatic heterocycles. The molecular formula is C19H32N2O3. The van der Waals surface area contributed by atoms with Crippen molar-refractivity contribution in [3.8, 4) is 0 Å². The van der Waals surface area contributed by atoms with Gasteiger partial charge in [-0.3, -0.25) is 4.90 Å². The summed E-state index contributed by atoms with van der Waals surface area (Å²) in [7, 11) is 0. The van der Waals surface area contributed by atoms with Gasteiger partial charge in [-0.05, 0) is 40.2 Å². The van der Waals surface area contributed by atoms with Crippen LogP contribution in [-0.4, -0.2) is 59.4 Å². The zero-order valence-electron chi connectivity index (χ0n) is 15.4. The highest BCUT2D eigenvalue weighted by Crippen LogP contribution is 2.26. The highest BCUT2D eigenvalue weighted by atomic mass is 16.5. The van der Waals surface area contributed by atoms with Crippen LogP contribution >= 0.6 is 0 Å². The Bertz CT molecular complexity index is 469. The quantitative estimate of drug-likeness (QED) is 0.525. The molecule has 3 atom stereocenters. The zero-order valence-corrected chi connectivity index (χ0v) is 15.4. The molecule has 0 heterocycles. The van der Waals surface area contributed by atoms with E-state index in [1.165, 1.54) is 0 Å². The minimum Gasteiger partial charge on any atom is -0.463 e. The minimum absolute atomic E-state index is 0.0559.